The van der Waals surface area contributed by atoms with Crippen LogP contribution in [0, 0.1) is 5.82 Å². The summed E-state index contributed by atoms with van der Waals surface area (Å²) in [7, 11) is 1.73. The van der Waals surface area contributed by atoms with Crippen molar-refractivity contribution in [3.05, 3.63) is 35.6 Å². The highest BCUT2D eigenvalue weighted by Crippen LogP contribution is 2.03. The highest BCUT2D eigenvalue weighted by molar-refractivity contribution is 5.79. The van der Waals surface area contributed by atoms with Gasteiger partial charge in [0.25, 0.3) is 0 Å². The molecule has 4 nitrogen and oxygen atoms in total. The molecule has 0 amide bonds. The zero-order chi connectivity index (χ0) is 15.3. The summed E-state index contributed by atoms with van der Waals surface area (Å²) < 4.78 is 17.9. The lowest BCUT2D eigenvalue weighted by atomic mass is 10.2. The first-order chi connectivity index (χ1) is 10.3. The maximum absolute atomic E-state index is 12.8. The Morgan fingerprint density at radius 1 is 1.14 bits per heavy atom. The van der Waals surface area contributed by atoms with E-state index in [0.29, 0.717) is 6.54 Å². The van der Waals surface area contributed by atoms with Crippen LogP contribution >= 0.6 is 0 Å². The highest BCUT2D eigenvalue weighted by Gasteiger charge is 1.98. The topological polar surface area (TPSA) is 45.7 Å². The molecule has 21 heavy (non-hydrogen) atoms. The molecule has 1 aromatic rings. The molecule has 0 fully saturated rings. The quantitative estimate of drug-likeness (QED) is 0.418. The lowest BCUT2D eigenvalue weighted by molar-refractivity contribution is 0.192. The number of hydrogen-bond acceptors (Lipinski definition) is 2. The molecule has 0 bridgehead atoms. The number of nitrogens with one attached hydrogen (secondary N) is 2. The Kier molecular flexibility index (Phi) is 9.20. The molecular weight excluding hydrogens is 269 g/mol. The van der Waals surface area contributed by atoms with Gasteiger partial charge in [0.15, 0.2) is 5.96 Å². The van der Waals surface area contributed by atoms with Crippen molar-refractivity contribution in [2.45, 2.75) is 32.7 Å². The van der Waals surface area contributed by atoms with Gasteiger partial charge in [0.2, 0.25) is 0 Å². The minimum atomic E-state index is -0.219. The molecule has 2 N–H and O–H groups in total. The number of benzene rings is 1. The summed E-state index contributed by atoms with van der Waals surface area (Å²) in [4.78, 5) is 4.49. The number of nitrogens with zero attached hydrogens (tertiary/aromatic N) is 1. The lowest BCUT2D eigenvalue weighted by Crippen LogP contribution is -2.37. The number of hydrogen-bond donors (Lipinski definition) is 2. The predicted octanol–water partition coefficient (Wildman–Crippen LogP) is 2.70. The fourth-order valence-electron chi connectivity index (χ4n) is 1.86. The zero-order valence-electron chi connectivity index (χ0n) is 13.0. The molecule has 0 saturated heterocycles. The van der Waals surface area contributed by atoms with Crippen LogP contribution in [0.25, 0.3) is 0 Å². The maximum Gasteiger partial charge on any atom is 0.191 e. The van der Waals surface area contributed by atoms with Crippen LogP contribution in [0.15, 0.2) is 29.3 Å². The van der Waals surface area contributed by atoms with E-state index >= 15 is 0 Å². The van der Waals surface area contributed by atoms with E-state index in [0.717, 1.165) is 50.5 Å². The van der Waals surface area contributed by atoms with E-state index in [4.69, 9.17) is 4.74 Å². The zero-order valence-corrected chi connectivity index (χ0v) is 13.0. The summed E-state index contributed by atoms with van der Waals surface area (Å²) in [5.41, 5.74) is 0.994. The van der Waals surface area contributed by atoms with Gasteiger partial charge in [-0.25, -0.2) is 9.38 Å². The number of guanidine groups is 1. The van der Waals surface area contributed by atoms with Crippen LogP contribution in [0.5, 0.6) is 0 Å². The minimum absolute atomic E-state index is 0.219. The molecule has 0 atom stereocenters. The van der Waals surface area contributed by atoms with Crippen molar-refractivity contribution >= 4 is 5.96 Å². The maximum atomic E-state index is 12.8. The fraction of sp³-hybridized carbons (Fsp3) is 0.562. The molecule has 0 spiro atoms. The first kappa shape index (κ1) is 17.4. The van der Waals surface area contributed by atoms with E-state index in [9.17, 15) is 4.39 Å². The van der Waals surface area contributed by atoms with E-state index in [1.807, 2.05) is 6.92 Å². The molecule has 0 unspecified atom stereocenters. The first-order valence-electron chi connectivity index (χ1n) is 7.51. The van der Waals surface area contributed by atoms with Gasteiger partial charge >= 0.3 is 0 Å². The average Bonchev–Trinajstić information content (AvgIpc) is 2.49. The van der Waals surface area contributed by atoms with Crippen molar-refractivity contribution in [3.63, 3.8) is 0 Å². The third-order valence-electron chi connectivity index (χ3n) is 2.99. The molecule has 1 rings (SSSR count). The van der Waals surface area contributed by atoms with Crippen molar-refractivity contribution < 1.29 is 9.13 Å². The fourth-order valence-corrected chi connectivity index (χ4v) is 1.86. The lowest BCUT2D eigenvalue weighted by Gasteiger charge is -2.11. The number of rotatable bonds is 9. The van der Waals surface area contributed by atoms with Crippen molar-refractivity contribution in [1.82, 2.24) is 10.6 Å². The number of unbranched alkanes of at least 4 members (excludes halogenated alkanes) is 2. The molecule has 0 saturated carbocycles. The molecule has 0 aliphatic heterocycles. The molecular formula is C16H26FN3O. The third-order valence-corrected chi connectivity index (χ3v) is 2.99. The smallest absolute Gasteiger partial charge is 0.191 e. The van der Waals surface area contributed by atoms with Crippen LogP contribution in [-0.2, 0) is 11.3 Å². The molecule has 0 aromatic heterocycles. The van der Waals surface area contributed by atoms with Crippen LogP contribution in [0.4, 0.5) is 4.39 Å². The van der Waals surface area contributed by atoms with Crippen molar-refractivity contribution in [2.75, 3.05) is 26.8 Å². The summed E-state index contributed by atoms with van der Waals surface area (Å²) in [6, 6.07) is 6.43. The number of halogens is 1. The molecule has 0 aliphatic carbocycles. The second-order valence-electron chi connectivity index (χ2n) is 4.80. The van der Waals surface area contributed by atoms with Crippen molar-refractivity contribution in [2.24, 2.45) is 4.99 Å². The average molecular weight is 295 g/mol. The van der Waals surface area contributed by atoms with E-state index in [1.54, 1.807) is 19.2 Å². The molecule has 118 valence electrons. The van der Waals surface area contributed by atoms with Gasteiger partial charge < -0.3 is 15.4 Å². The van der Waals surface area contributed by atoms with Crippen LogP contribution in [0.1, 0.15) is 31.7 Å². The molecule has 0 aliphatic rings. The van der Waals surface area contributed by atoms with Gasteiger partial charge in [0, 0.05) is 26.8 Å². The Morgan fingerprint density at radius 3 is 2.57 bits per heavy atom. The van der Waals surface area contributed by atoms with Crippen LogP contribution in [0.2, 0.25) is 0 Å². The van der Waals surface area contributed by atoms with Gasteiger partial charge in [-0.05, 0) is 43.9 Å². The molecule has 5 heteroatoms. The monoisotopic (exact) mass is 295 g/mol. The van der Waals surface area contributed by atoms with Crippen LogP contribution in [-0.4, -0.2) is 32.8 Å². The van der Waals surface area contributed by atoms with Gasteiger partial charge in [0.1, 0.15) is 5.82 Å². The second-order valence-corrected chi connectivity index (χ2v) is 4.80. The van der Waals surface area contributed by atoms with Gasteiger partial charge in [-0.2, -0.15) is 0 Å². The Labute approximate surface area is 126 Å². The predicted molar refractivity (Wildman–Crippen MR) is 84.9 cm³/mol. The molecule has 1 aromatic carbocycles. The third kappa shape index (κ3) is 8.30. The minimum Gasteiger partial charge on any atom is -0.385 e. The summed E-state index contributed by atoms with van der Waals surface area (Å²) >= 11 is 0. The SMILES string of the molecule is CCNC(=NCc1ccc(F)cc1)NCCCCCOC. The van der Waals surface area contributed by atoms with Gasteiger partial charge in [-0.15, -0.1) is 0 Å². The molecule has 0 radical (unpaired) electrons. The van der Waals surface area contributed by atoms with Crippen LogP contribution in [0.3, 0.4) is 0 Å². The Balaban J connectivity index is 2.33. The molecule has 0 heterocycles. The Bertz CT molecular complexity index is 406. The van der Waals surface area contributed by atoms with Crippen LogP contribution < -0.4 is 10.6 Å². The van der Waals surface area contributed by atoms with Gasteiger partial charge in [-0.1, -0.05) is 12.1 Å². The van der Waals surface area contributed by atoms with E-state index in [2.05, 4.69) is 15.6 Å². The summed E-state index contributed by atoms with van der Waals surface area (Å²) in [6.45, 7) is 5.10. The Morgan fingerprint density at radius 2 is 1.90 bits per heavy atom. The van der Waals surface area contributed by atoms with Crippen molar-refractivity contribution in [1.29, 1.82) is 0 Å². The number of methoxy groups -OCH3 is 1. The summed E-state index contributed by atoms with van der Waals surface area (Å²) in [5, 5.41) is 6.51. The van der Waals surface area contributed by atoms with Crippen molar-refractivity contribution in [3.8, 4) is 0 Å². The standard InChI is InChI=1S/C16H26FN3O/c1-3-18-16(19-11-5-4-6-12-21-2)20-13-14-7-9-15(17)10-8-14/h7-10H,3-6,11-13H2,1-2H3,(H2,18,19,20). The van der Waals surface area contributed by atoms with Gasteiger partial charge in [-0.3, -0.25) is 0 Å². The largest absolute Gasteiger partial charge is 0.385 e. The normalized spacial score (nSPS) is 11.5. The van der Waals surface area contributed by atoms with E-state index in [-0.39, 0.29) is 5.82 Å². The number of ether oxygens (including phenoxy) is 1. The summed E-state index contributed by atoms with van der Waals surface area (Å²) in [6.07, 6.45) is 3.31. The van der Waals surface area contributed by atoms with Gasteiger partial charge in [0.05, 0.1) is 6.54 Å². The Hall–Kier alpha value is -1.62. The summed E-state index contributed by atoms with van der Waals surface area (Å²) in [5.74, 6) is 0.581. The van der Waals surface area contributed by atoms with E-state index in [1.165, 1.54) is 12.1 Å². The number of aliphatic imine (C=N–C) groups is 1. The first-order valence-corrected chi connectivity index (χ1v) is 7.51. The second kappa shape index (κ2) is 11.1. The van der Waals surface area contributed by atoms with E-state index < -0.39 is 0 Å². The highest BCUT2D eigenvalue weighted by atomic mass is 19.1.